The molecule has 3 aromatic rings. The van der Waals surface area contributed by atoms with Crippen LogP contribution >= 0.6 is 0 Å². The van der Waals surface area contributed by atoms with E-state index in [2.05, 4.69) is 30.3 Å². The van der Waals surface area contributed by atoms with E-state index in [1.807, 2.05) is 13.0 Å². The number of H-pyrrole nitrogens is 1. The van der Waals surface area contributed by atoms with Crippen LogP contribution in [0.15, 0.2) is 18.5 Å². The lowest BCUT2D eigenvalue weighted by Gasteiger charge is -2.44. The molecular formula is C20H25F2N7O2. The molecule has 9 nitrogen and oxygen atoms in total. The van der Waals surface area contributed by atoms with E-state index < -0.39 is 12.0 Å². The van der Waals surface area contributed by atoms with Crippen LogP contribution < -0.4 is 10.1 Å². The third kappa shape index (κ3) is 3.61. The van der Waals surface area contributed by atoms with Crippen molar-refractivity contribution in [2.24, 2.45) is 0 Å². The average Bonchev–Trinajstić information content (AvgIpc) is 3.30. The molecule has 1 unspecified atom stereocenters. The fourth-order valence-electron chi connectivity index (χ4n) is 4.12. The number of fused-ring (bicyclic) bond motifs is 1. The van der Waals surface area contributed by atoms with Crippen LogP contribution in [-0.2, 0) is 4.74 Å². The summed E-state index contributed by atoms with van der Waals surface area (Å²) >= 11 is 0. The lowest BCUT2D eigenvalue weighted by atomic mass is 9.98. The maximum atomic E-state index is 14.8. The van der Waals surface area contributed by atoms with Gasteiger partial charge in [0.2, 0.25) is 11.8 Å². The number of nitrogens with one attached hydrogen (secondary N) is 2. The molecule has 0 aliphatic carbocycles. The number of ether oxygens (including phenoxy) is 2. The van der Waals surface area contributed by atoms with Gasteiger partial charge < -0.3 is 19.8 Å². The Morgan fingerprint density at radius 1 is 1.35 bits per heavy atom. The number of anilines is 2. The summed E-state index contributed by atoms with van der Waals surface area (Å²) in [4.78, 5) is 14.0. The molecule has 166 valence electrons. The van der Waals surface area contributed by atoms with Crippen molar-refractivity contribution in [2.45, 2.75) is 38.3 Å². The Kier molecular flexibility index (Phi) is 5.01. The van der Waals surface area contributed by atoms with Crippen LogP contribution in [0.25, 0.3) is 11.0 Å². The summed E-state index contributed by atoms with van der Waals surface area (Å²) in [6, 6.07) is 1.02. The number of alkyl halides is 2. The Labute approximate surface area is 177 Å². The molecule has 3 aromatic heterocycles. The summed E-state index contributed by atoms with van der Waals surface area (Å²) in [5.41, 5.74) is 1.81. The molecule has 2 aliphatic heterocycles. The molecule has 5 heterocycles. The SMILES string of the molecule is CCOc1nc(Nc2cnn(C3CN(C4COC4)CCC3(F)F)c2C)nc2[nH]ccc12. The Balaban J connectivity index is 1.41. The number of hydrogen-bond acceptors (Lipinski definition) is 7. The molecule has 2 aliphatic rings. The standard InChI is InChI=1S/C20H25F2N7O2/c1-3-31-18-14-4-6-23-17(14)26-19(27-18)25-15-8-24-29(12(15)2)16-9-28(13-10-30-11-13)7-5-20(16,21)22/h4,6,8,13,16H,3,5,7,9-11H2,1-2H3,(H2,23,25,26,27). The minimum absolute atomic E-state index is 0.194. The van der Waals surface area contributed by atoms with Gasteiger partial charge >= 0.3 is 0 Å². The van der Waals surface area contributed by atoms with Crippen LogP contribution in [0.5, 0.6) is 5.88 Å². The van der Waals surface area contributed by atoms with Gasteiger partial charge in [-0.05, 0) is 19.9 Å². The molecule has 0 aromatic carbocycles. The van der Waals surface area contributed by atoms with Crippen LogP contribution in [-0.4, -0.2) is 74.5 Å². The quantitative estimate of drug-likeness (QED) is 0.617. The van der Waals surface area contributed by atoms with E-state index in [9.17, 15) is 8.78 Å². The number of nitrogens with zero attached hydrogens (tertiary/aromatic N) is 5. The first-order chi connectivity index (χ1) is 15.0. The second kappa shape index (κ2) is 7.72. The minimum Gasteiger partial charge on any atom is -0.477 e. The lowest BCUT2D eigenvalue weighted by molar-refractivity contribution is -0.140. The van der Waals surface area contributed by atoms with Crippen LogP contribution in [0.1, 0.15) is 25.1 Å². The van der Waals surface area contributed by atoms with Crippen molar-refractivity contribution < 1.29 is 18.3 Å². The second-order valence-electron chi connectivity index (χ2n) is 7.95. The van der Waals surface area contributed by atoms with E-state index in [1.54, 1.807) is 19.3 Å². The fraction of sp³-hybridized carbons (Fsp3) is 0.550. The third-order valence-corrected chi connectivity index (χ3v) is 6.01. The highest BCUT2D eigenvalue weighted by atomic mass is 19.3. The van der Waals surface area contributed by atoms with Crippen molar-refractivity contribution in [2.75, 3.05) is 38.2 Å². The molecular weight excluding hydrogens is 408 g/mol. The van der Waals surface area contributed by atoms with Gasteiger partial charge in [-0.25, -0.2) is 8.78 Å². The number of piperidine rings is 1. The first-order valence-electron chi connectivity index (χ1n) is 10.4. The number of aromatic nitrogens is 5. The molecule has 0 radical (unpaired) electrons. The first kappa shape index (κ1) is 20.1. The topological polar surface area (TPSA) is 93.1 Å². The van der Waals surface area contributed by atoms with Crippen molar-refractivity contribution in [3.63, 3.8) is 0 Å². The maximum Gasteiger partial charge on any atom is 0.272 e. The maximum absolute atomic E-state index is 14.8. The Morgan fingerprint density at radius 2 is 2.19 bits per heavy atom. The van der Waals surface area contributed by atoms with E-state index in [0.717, 1.165) is 5.39 Å². The number of hydrogen-bond donors (Lipinski definition) is 2. The van der Waals surface area contributed by atoms with Gasteiger partial charge in [-0.15, -0.1) is 0 Å². The summed E-state index contributed by atoms with van der Waals surface area (Å²) in [7, 11) is 0. The molecule has 2 saturated heterocycles. The Hall–Kier alpha value is -2.79. The average molecular weight is 433 g/mol. The zero-order valence-corrected chi connectivity index (χ0v) is 17.4. The molecule has 0 amide bonds. The van der Waals surface area contributed by atoms with Gasteiger partial charge in [-0.1, -0.05) is 0 Å². The highest BCUT2D eigenvalue weighted by molar-refractivity contribution is 5.82. The normalized spacial score (nSPS) is 21.9. The van der Waals surface area contributed by atoms with E-state index in [-0.39, 0.29) is 19.0 Å². The molecule has 2 fully saturated rings. The summed E-state index contributed by atoms with van der Waals surface area (Å²) in [5, 5.41) is 8.19. The molecule has 11 heteroatoms. The summed E-state index contributed by atoms with van der Waals surface area (Å²) < 4.78 is 41.9. The van der Waals surface area contributed by atoms with E-state index in [1.165, 1.54) is 4.68 Å². The molecule has 0 bridgehead atoms. The highest BCUT2D eigenvalue weighted by Crippen LogP contribution is 2.39. The van der Waals surface area contributed by atoms with Gasteiger partial charge in [-0.2, -0.15) is 15.1 Å². The van der Waals surface area contributed by atoms with Gasteiger partial charge in [0.1, 0.15) is 11.7 Å². The van der Waals surface area contributed by atoms with Gasteiger partial charge in [0.25, 0.3) is 5.92 Å². The van der Waals surface area contributed by atoms with Crippen LogP contribution in [0, 0.1) is 6.92 Å². The highest BCUT2D eigenvalue weighted by Gasteiger charge is 2.48. The van der Waals surface area contributed by atoms with Gasteiger partial charge in [0.05, 0.1) is 48.8 Å². The summed E-state index contributed by atoms with van der Waals surface area (Å²) in [6.07, 6.45) is 3.11. The van der Waals surface area contributed by atoms with Gasteiger partial charge in [0, 0.05) is 25.7 Å². The largest absolute Gasteiger partial charge is 0.477 e. The van der Waals surface area contributed by atoms with E-state index in [4.69, 9.17) is 9.47 Å². The molecule has 31 heavy (non-hydrogen) atoms. The predicted octanol–water partition coefficient (Wildman–Crippen LogP) is 2.89. The Morgan fingerprint density at radius 3 is 2.94 bits per heavy atom. The lowest BCUT2D eigenvalue weighted by Crippen LogP contribution is -2.57. The zero-order chi connectivity index (χ0) is 21.6. The van der Waals surface area contributed by atoms with Crippen molar-refractivity contribution in [3.05, 3.63) is 24.2 Å². The number of halogens is 2. The fourth-order valence-corrected chi connectivity index (χ4v) is 4.12. The first-order valence-corrected chi connectivity index (χ1v) is 10.4. The zero-order valence-electron chi connectivity index (χ0n) is 17.4. The number of rotatable bonds is 6. The third-order valence-electron chi connectivity index (χ3n) is 6.01. The van der Waals surface area contributed by atoms with Gasteiger partial charge in [-0.3, -0.25) is 9.58 Å². The summed E-state index contributed by atoms with van der Waals surface area (Å²) in [6.45, 7) is 5.93. The number of aromatic amines is 1. The predicted molar refractivity (Wildman–Crippen MR) is 110 cm³/mol. The molecule has 5 rings (SSSR count). The molecule has 2 N–H and O–H groups in total. The van der Waals surface area contributed by atoms with Crippen molar-refractivity contribution in [1.29, 1.82) is 0 Å². The van der Waals surface area contributed by atoms with Crippen molar-refractivity contribution >= 4 is 22.7 Å². The summed E-state index contributed by atoms with van der Waals surface area (Å²) in [5.74, 6) is -2.07. The smallest absolute Gasteiger partial charge is 0.272 e. The minimum atomic E-state index is -2.84. The second-order valence-corrected chi connectivity index (χ2v) is 7.95. The monoisotopic (exact) mass is 433 g/mol. The van der Waals surface area contributed by atoms with E-state index in [0.29, 0.717) is 55.2 Å². The van der Waals surface area contributed by atoms with Crippen molar-refractivity contribution in [1.82, 2.24) is 29.6 Å². The molecule has 0 saturated carbocycles. The van der Waals surface area contributed by atoms with Crippen molar-refractivity contribution in [3.8, 4) is 5.88 Å². The van der Waals surface area contributed by atoms with Crippen LogP contribution in [0.4, 0.5) is 20.4 Å². The van der Waals surface area contributed by atoms with Gasteiger partial charge in [0.15, 0.2) is 0 Å². The number of likely N-dealkylation sites (tertiary alicyclic amines) is 1. The van der Waals surface area contributed by atoms with Crippen LogP contribution in [0.3, 0.4) is 0 Å². The Bertz CT molecular complexity index is 1080. The van der Waals surface area contributed by atoms with Crippen LogP contribution in [0.2, 0.25) is 0 Å². The van der Waals surface area contributed by atoms with E-state index >= 15 is 0 Å². The molecule has 1 atom stereocenters. The molecule has 0 spiro atoms.